The summed E-state index contributed by atoms with van der Waals surface area (Å²) in [5.41, 5.74) is 1.31. The number of aromatic amines is 1. The van der Waals surface area contributed by atoms with Crippen LogP contribution in [0.5, 0.6) is 5.75 Å². The molecule has 0 radical (unpaired) electrons. The van der Waals surface area contributed by atoms with Crippen LogP contribution < -0.4 is 10.9 Å². The highest BCUT2D eigenvalue weighted by molar-refractivity contribution is 6.08. The largest absolute Gasteiger partial charge is 0.506 e. The van der Waals surface area contributed by atoms with E-state index in [1.54, 1.807) is 6.07 Å². The van der Waals surface area contributed by atoms with Gasteiger partial charge in [-0.3, -0.25) is 14.6 Å². The van der Waals surface area contributed by atoms with Gasteiger partial charge in [0.25, 0.3) is 11.5 Å². The molecule has 1 saturated carbocycles. The number of carbonyl (C=O) groups is 1. The minimum absolute atomic E-state index is 0.301. The molecule has 0 saturated heterocycles. The number of aromatic nitrogens is 2. The lowest BCUT2D eigenvalue weighted by molar-refractivity contribution is 0.102. The topological polar surface area (TPSA) is 95.1 Å². The van der Waals surface area contributed by atoms with Crippen LogP contribution in [0.3, 0.4) is 0 Å². The lowest BCUT2D eigenvalue weighted by Gasteiger charge is -2.22. The maximum atomic E-state index is 12.6. The molecule has 6 nitrogen and oxygen atoms in total. The Morgan fingerprint density at radius 3 is 2.59 bits per heavy atom. The zero-order valence-electron chi connectivity index (χ0n) is 14.9. The number of nitrogens with zero attached hydrogens (tertiary/aromatic N) is 1. The van der Waals surface area contributed by atoms with E-state index in [9.17, 15) is 14.7 Å². The van der Waals surface area contributed by atoms with Gasteiger partial charge in [-0.15, -0.1) is 0 Å². The van der Waals surface area contributed by atoms with Gasteiger partial charge in [0.05, 0.1) is 11.7 Å². The number of benzene rings is 1. The lowest BCUT2D eigenvalue weighted by atomic mass is 9.84. The number of amides is 1. The summed E-state index contributed by atoms with van der Waals surface area (Å²) in [4.78, 5) is 31.3. The molecule has 3 aromatic rings. The van der Waals surface area contributed by atoms with Crippen molar-refractivity contribution in [2.45, 2.75) is 38.0 Å². The minimum Gasteiger partial charge on any atom is -0.506 e. The highest BCUT2D eigenvalue weighted by Crippen LogP contribution is 2.33. The molecule has 0 unspecified atom stereocenters. The highest BCUT2D eigenvalue weighted by atomic mass is 16.3. The van der Waals surface area contributed by atoms with Gasteiger partial charge in [-0.05, 0) is 42.5 Å². The van der Waals surface area contributed by atoms with Crippen molar-refractivity contribution >= 4 is 22.5 Å². The molecule has 0 spiro atoms. The first-order valence-corrected chi connectivity index (χ1v) is 9.24. The van der Waals surface area contributed by atoms with Crippen molar-refractivity contribution in [3.05, 3.63) is 64.2 Å². The molecule has 27 heavy (non-hydrogen) atoms. The Morgan fingerprint density at radius 1 is 1.11 bits per heavy atom. The number of carbonyl (C=O) groups excluding carboxylic acids is 1. The summed E-state index contributed by atoms with van der Waals surface area (Å²) in [6, 6.07) is 9.30. The predicted octanol–water partition coefficient (Wildman–Crippen LogP) is 3.93. The van der Waals surface area contributed by atoms with Gasteiger partial charge in [-0.2, -0.15) is 0 Å². The average molecular weight is 363 g/mol. The van der Waals surface area contributed by atoms with Crippen LogP contribution in [0.25, 0.3) is 10.9 Å². The monoisotopic (exact) mass is 363 g/mol. The molecule has 138 valence electrons. The summed E-state index contributed by atoms with van der Waals surface area (Å²) >= 11 is 0. The quantitative estimate of drug-likeness (QED) is 0.657. The standard InChI is InChI=1S/C21H21N3O3/c25-19-16-10-11-22-12-17(16)24-21(27)18(19)20(26)23-15-8-6-14(7-9-15)13-4-2-1-3-5-13/h6-13H,1-5H2,(H,23,26)(H2,24,25,27). The van der Waals surface area contributed by atoms with E-state index in [-0.39, 0.29) is 11.3 Å². The van der Waals surface area contributed by atoms with E-state index in [1.165, 1.54) is 50.1 Å². The van der Waals surface area contributed by atoms with Crippen molar-refractivity contribution < 1.29 is 9.90 Å². The Labute approximate surface area is 156 Å². The molecule has 1 aromatic carbocycles. The third-order valence-electron chi connectivity index (χ3n) is 5.26. The van der Waals surface area contributed by atoms with E-state index in [0.29, 0.717) is 22.5 Å². The molecule has 0 aliphatic heterocycles. The van der Waals surface area contributed by atoms with E-state index in [4.69, 9.17) is 0 Å². The van der Waals surface area contributed by atoms with Crippen LogP contribution in [-0.2, 0) is 0 Å². The van der Waals surface area contributed by atoms with Crippen molar-refractivity contribution in [3.8, 4) is 5.75 Å². The minimum atomic E-state index is -0.649. The van der Waals surface area contributed by atoms with Crippen LogP contribution in [0.1, 0.15) is 53.9 Å². The number of rotatable bonds is 3. The Balaban J connectivity index is 1.57. The second-order valence-corrected chi connectivity index (χ2v) is 7.01. The number of pyridine rings is 2. The van der Waals surface area contributed by atoms with E-state index < -0.39 is 11.5 Å². The molecular weight excluding hydrogens is 342 g/mol. The first-order chi connectivity index (χ1) is 13.1. The van der Waals surface area contributed by atoms with Gasteiger partial charge >= 0.3 is 0 Å². The van der Waals surface area contributed by atoms with Crippen molar-refractivity contribution in [2.75, 3.05) is 5.32 Å². The summed E-state index contributed by atoms with van der Waals surface area (Å²) in [5, 5.41) is 13.5. The third-order valence-corrected chi connectivity index (χ3v) is 5.26. The SMILES string of the molecule is O=C(Nc1ccc(C2CCCCC2)cc1)c1c(O)c2ccncc2[nH]c1=O. The van der Waals surface area contributed by atoms with E-state index in [1.807, 2.05) is 24.3 Å². The molecule has 3 N–H and O–H groups in total. The van der Waals surface area contributed by atoms with Gasteiger partial charge in [0.1, 0.15) is 11.3 Å². The van der Waals surface area contributed by atoms with E-state index in [2.05, 4.69) is 15.3 Å². The van der Waals surface area contributed by atoms with Crippen LogP contribution in [0.15, 0.2) is 47.5 Å². The molecule has 2 aromatic heterocycles. The summed E-state index contributed by atoms with van der Waals surface area (Å²) in [5.74, 6) is -0.394. The van der Waals surface area contributed by atoms with Crippen LogP contribution >= 0.6 is 0 Å². The number of hydrogen-bond acceptors (Lipinski definition) is 4. The van der Waals surface area contributed by atoms with Crippen LogP contribution in [-0.4, -0.2) is 21.0 Å². The molecule has 1 fully saturated rings. The Bertz CT molecular complexity index is 1030. The third kappa shape index (κ3) is 3.43. The fourth-order valence-corrected chi connectivity index (χ4v) is 3.81. The Kier molecular flexibility index (Phi) is 4.62. The molecule has 6 heteroatoms. The normalized spacial score (nSPS) is 15.0. The van der Waals surface area contributed by atoms with Crippen LogP contribution in [0.4, 0.5) is 5.69 Å². The molecule has 0 bridgehead atoms. The number of aromatic hydroxyl groups is 1. The molecule has 4 rings (SSSR count). The van der Waals surface area contributed by atoms with E-state index >= 15 is 0 Å². The molecule has 0 atom stereocenters. The van der Waals surface area contributed by atoms with E-state index in [0.717, 1.165) is 0 Å². The Hall–Kier alpha value is -3.15. The highest BCUT2D eigenvalue weighted by Gasteiger charge is 2.20. The Morgan fingerprint density at radius 2 is 1.85 bits per heavy atom. The predicted molar refractivity (Wildman–Crippen MR) is 104 cm³/mol. The molecular formula is C21H21N3O3. The molecule has 1 amide bonds. The molecule has 2 heterocycles. The fourth-order valence-electron chi connectivity index (χ4n) is 3.81. The summed E-state index contributed by atoms with van der Waals surface area (Å²) in [7, 11) is 0. The van der Waals surface area contributed by atoms with Crippen molar-refractivity contribution in [1.29, 1.82) is 0 Å². The fraction of sp³-hybridized carbons (Fsp3) is 0.286. The van der Waals surface area contributed by atoms with Gasteiger partial charge in [0.15, 0.2) is 0 Å². The lowest BCUT2D eigenvalue weighted by Crippen LogP contribution is -2.23. The van der Waals surface area contributed by atoms with Crippen LogP contribution in [0, 0.1) is 0 Å². The van der Waals surface area contributed by atoms with Gasteiger partial charge in [-0.25, -0.2) is 0 Å². The van der Waals surface area contributed by atoms with Crippen LogP contribution in [0.2, 0.25) is 0 Å². The van der Waals surface area contributed by atoms with Crippen molar-refractivity contribution in [3.63, 3.8) is 0 Å². The number of nitrogens with one attached hydrogen (secondary N) is 2. The zero-order chi connectivity index (χ0) is 18.8. The maximum Gasteiger partial charge on any atom is 0.265 e. The number of anilines is 1. The molecule has 1 aliphatic rings. The van der Waals surface area contributed by atoms with Gasteiger partial charge in [0, 0.05) is 17.3 Å². The zero-order valence-corrected chi connectivity index (χ0v) is 14.9. The second kappa shape index (κ2) is 7.23. The second-order valence-electron chi connectivity index (χ2n) is 7.01. The van der Waals surface area contributed by atoms with Gasteiger partial charge in [0.2, 0.25) is 0 Å². The van der Waals surface area contributed by atoms with Gasteiger partial charge in [-0.1, -0.05) is 31.4 Å². The first kappa shape index (κ1) is 17.3. The number of hydrogen-bond donors (Lipinski definition) is 3. The maximum absolute atomic E-state index is 12.6. The smallest absolute Gasteiger partial charge is 0.265 e. The number of fused-ring (bicyclic) bond motifs is 1. The first-order valence-electron chi connectivity index (χ1n) is 9.24. The summed E-state index contributed by atoms with van der Waals surface area (Å²) in [6.07, 6.45) is 9.19. The average Bonchev–Trinajstić information content (AvgIpc) is 2.69. The van der Waals surface area contributed by atoms with Gasteiger partial charge < -0.3 is 15.4 Å². The summed E-state index contributed by atoms with van der Waals surface area (Å²) < 4.78 is 0. The van der Waals surface area contributed by atoms with Crippen molar-refractivity contribution in [2.24, 2.45) is 0 Å². The summed E-state index contributed by atoms with van der Waals surface area (Å²) in [6.45, 7) is 0. The molecule has 1 aliphatic carbocycles. The van der Waals surface area contributed by atoms with Crippen molar-refractivity contribution in [1.82, 2.24) is 9.97 Å². The number of H-pyrrole nitrogens is 1.